The molecule has 0 fully saturated rings. The van der Waals surface area contributed by atoms with Crippen molar-refractivity contribution in [2.75, 3.05) is 20.3 Å². The van der Waals surface area contributed by atoms with Crippen molar-refractivity contribution in [2.24, 2.45) is 5.14 Å². The van der Waals surface area contributed by atoms with Gasteiger partial charge in [-0.25, -0.2) is 13.6 Å². The number of hydrogen-bond donors (Lipinski definition) is 2. The number of primary sulfonamides is 1. The van der Waals surface area contributed by atoms with E-state index in [9.17, 15) is 8.42 Å². The van der Waals surface area contributed by atoms with Crippen molar-refractivity contribution in [1.29, 1.82) is 0 Å². The highest BCUT2D eigenvalue weighted by Crippen LogP contribution is 1.99. The second-order valence-corrected chi connectivity index (χ2v) is 4.11. The lowest BCUT2D eigenvalue weighted by atomic mass is 10.6. The number of sulfonamides is 1. The van der Waals surface area contributed by atoms with Gasteiger partial charge in [0.05, 0.1) is 13.2 Å². The predicted molar refractivity (Wildman–Crippen MR) is 49.3 cm³/mol. The maximum absolute atomic E-state index is 10.8. The maximum Gasteiger partial charge on any atom is 0.282 e. The Bertz CT molecular complexity index is 401. The van der Waals surface area contributed by atoms with Crippen LogP contribution in [0.5, 0.6) is 0 Å². The molecule has 0 atom stereocenters. The van der Waals surface area contributed by atoms with E-state index in [1.165, 1.54) is 0 Å². The molecule has 0 aliphatic carbocycles. The lowest BCUT2D eigenvalue weighted by Gasteiger charge is -1.99. The molecule has 3 N–H and O–H groups in total. The van der Waals surface area contributed by atoms with E-state index in [0.717, 1.165) is 0 Å². The minimum Gasteiger partial charge on any atom is -0.382 e. The van der Waals surface area contributed by atoms with Gasteiger partial charge in [-0.3, -0.25) is 5.10 Å². The Morgan fingerprint density at radius 3 is 2.73 bits per heavy atom. The number of nitrogens with two attached hydrogens (primary N) is 1. The first kappa shape index (κ1) is 12.0. The summed E-state index contributed by atoms with van der Waals surface area (Å²) in [7, 11) is -2.30. The summed E-state index contributed by atoms with van der Waals surface area (Å²) < 4.78 is 31.4. The monoisotopic (exact) mass is 236 g/mol. The average molecular weight is 236 g/mol. The normalized spacial score (nSPS) is 11.9. The highest BCUT2D eigenvalue weighted by molar-refractivity contribution is 7.89. The zero-order valence-corrected chi connectivity index (χ0v) is 8.95. The molecule has 9 heteroatoms. The van der Waals surface area contributed by atoms with Gasteiger partial charge in [-0.15, -0.1) is 5.10 Å². The number of H-pyrrole nitrogens is 1. The molecule has 0 amide bonds. The van der Waals surface area contributed by atoms with Crippen molar-refractivity contribution in [2.45, 2.75) is 11.8 Å². The molecule has 0 bridgehead atoms. The van der Waals surface area contributed by atoms with Crippen molar-refractivity contribution in [3.8, 4) is 0 Å². The van der Waals surface area contributed by atoms with E-state index >= 15 is 0 Å². The molecule has 8 nitrogen and oxygen atoms in total. The smallest absolute Gasteiger partial charge is 0.282 e. The summed E-state index contributed by atoms with van der Waals surface area (Å²) in [5.41, 5.74) is 0. The molecule has 1 rings (SSSR count). The maximum atomic E-state index is 10.8. The van der Waals surface area contributed by atoms with E-state index in [0.29, 0.717) is 19.0 Å². The minimum atomic E-state index is -3.85. The molecule has 0 saturated heterocycles. The van der Waals surface area contributed by atoms with Crippen molar-refractivity contribution < 1.29 is 17.9 Å². The van der Waals surface area contributed by atoms with Crippen LogP contribution in [0.15, 0.2) is 5.16 Å². The number of aromatic nitrogens is 3. The van der Waals surface area contributed by atoms with Crippen molar-refractivity contribution in [3.05, 3.63) is 5.82 Å². The standard InChI is InChI=1S/C6H12N4O4S/c1-13-2-3-14-4-5-8-6(10-9-5)15(7,11)12/h2-4H2,1H3,(H2,7,11,12)(H,8,9,10). The van der Waals surface area contributed by atoms with Crippen molar-refractivity contribution in [3.63, 3.8) is 0 Å². The number of methoxy groups -OCH3 is 1. The third kappa shape index (κ3) is 3.91. The van der Waals surface area contributed by atoms with Gasteiger partial charge >= 0.3 is 0 Å². The lowest BCUT2D eigenvalue weighted by Crippen LogP contribution is -2.14. The number of hydrogen-bond acceptors (Lipinski definition) is 6. The Balaban J connectivity index is 2.47. The number of aromatic amines is 1. The molecule has 0 unspecified atom stereocenters. The van der Waals surface area contributed by atoms with E-state index in [1.807, 2.05) is 0 Å². The topological polar surface area (TPSA) is 120 Å². The Labute approximate surface area is 86.8 Å². The molecule has 0 aliphatic rings. The molecule has 1 aromatic rings. The van der Waals surface area contributed by atoms with E-state index in [2.05, 4.69) is 15.2 Å². The van der Waals surface area contributed by atoms with Gasteiger partial charge in [0.1, 0.15) is 6.61 Å². The van der Waals surface area contributed by atoms with Gasteiger partial charge in [0, 0.05) is 7.11 Å². The molecule has 86 valence electrons. The van der Waals surface area contributed by atoms with Gasteiger partial charge in [-0.1, -0.05) is 0 Å². The quantitative estimate of drug-likeness (QED) is 0.587. The second kappa shape index (κ2) is 5.16. The van der Waals surface area contributed by atoms with Crippen LogP contribution in [-0.4, -0.2) is 43.9 Å². The molecule has 0 aromatic carbocycles. The van der Waals surface area contributed by atoms with Gasteiger partial charge in [-0.05, 0) is 0 Å². The van der Waals surface area contributed by atoms with Crippen LogP contribution in [-0.2, 0) is 26.1 Å². The van der Waals surface area contributed by atoms with Crippen LogP contribution in [0.25, 0.3) is 0 Å². The average Bonchev–Trinajstić information content (AvgIpc) is 2.60. The largest absolute Gasteiger partial charge is 0.382 e. The Kier molecular flexibility index (Phi) is 4.15. The van der Waals surface area contributed by atoms with Crippen LogP contribution in [0, 0.1) is 0 Å². The predicted octanol–water partition coefficient (Wildman–Crippen LogP) is -1.38. The van der Waals surface area contributed by atoms with Gasteiger partial charge in [0.15, 0.2) is 5.82 Å². The SMILES string of the molecule is COCCOCc1nc(S(N)(=O)=O)n[nH]1. The number of ether oxygens (including phenoxy) is 2. The fraction of sp³-hybridized carbons (Fsp3) is 0.667. The highest BCUT2D eigenvalue weighted by atomic mass is 32.2. The summed E-state index contributed by atoms with van der Waals surface area (Å²) in [4.78, 5) is 3.63. The van der Waals surface area contributed by atoms with E-state index < -0.39 is 15.2 Å². The fourth-order valence-electron chi connectivity index (χ4n) is 0.781. The van der Waals surface area contributed by atoms with E-state index in [-0.39, 0.29) is 6.61 Å². The first-order valence-corrected chi connectivity index (χ1v) is 5.59. The molecule has 15 heavy (non-hydrogen) atoms. The summed E-state index contributed by atoms with van der Waals surface area (Å²) in [5, 5.41) is 10.2. The van der Waals surface area contributed by atoms with E-state index in [4.69, 9.17) is 14.6 Å². The molecule has 0 saturated carbocycles. The van der Waals surface area contributed by atoms with Gasteiger partial charge in [-0.2, -0.15) is 4.98 Å². The van der Waals surface area contributed by atoms with Crippen molar-refractivity contribution in [1.82, 2.24) is 15.2 Å². The van der Waals surface area contributed by atoms with Crippen LogP contribution in [0.2, 0.25) is 0 Å². The van der Waals surface area contributed by atoms with Crippen LogP contribution in [0.3, 0.4) is 0 Å². The van der Waals surface area contributed by atoms with Crippen LogP contribution in [0.4, 0.5) is 0 Å². The molecule has 0 aliphatic heterocycles. The Morgan fingerprint density at radius 2 is 2.20 bits per heavy atom. The second-order valence-electron chi connectivity index (χ2n) is 2.66. The first-order valence-electron chi connectivity index (χ1n) is 4.05. The van der Waals surface area contributed by atoms with Gasteiger partial charge in [0.2, 0.25) is 0 Å². The zero-order chi connectivity index (χ0) is 11.3. The summed E-state index contributed by atoms with van der Waals surface area (Å²) in [5.74, 6) is 0.301. The highest BCUT2D eigenvalue weighted by Gasteiger charge is 2.14. The summed E-state index contributed by atoms with van der Waals surface area (Å²) in [6.45, 7) is 0.976. The molecule has 1 aromatic heterocycles. The molecular weight excluding hydrogens is 224 g/mol. The number of rotatable bonds is 6. The summed E-state index contributed by atoms with van der Waals surface area (Å²) in [6.07, 6.45) is 0. The third-order valence-electron chi connectivity index (χ3n) is 1.44. The van der Waals surface area contributed by atoms with E-state index in [1.54, 1.807) is 7.11 Å². The van der Waals surface area contributed by atoms with Crippen molar-refractivity contribution >= 4 is 10.0 Å². The minimum absolute atomic E-state index is 0.131. The summed E-state index contributed by atoms with van der Waals surface area (Å²) in [6, 6.07) is 0. The Morgan fingerprint density at radius 1 is 1.47 bits per heavy atom. The van der Waals surface area contributed by atoms with Crippen LogP contribution >= 0.6 is 0 Å². The molecular formula is C6H12N4O4S. The van der Waals surface area contributed by atoms with Gasteiger partial charge < -0.3 is 9.47 Å². The number of nitrogens with one attached hydrogen (secondary N) is 1. The third-order valence-corrected chi connectivity index (χ3v) is 2.13. The molecule has 0 radical (unpaired) electrons. The van der Waals surface area contributed by atoms with Crippen LogP contribution in [0.1, 0.15) is 5.82 Å². The zero-order valence-electron chi connectivity index (χ0n) is 8.13. The molecule has 1 heterocycles. The van der Waals surface area contributed by atoms with Crippen LogP contribution < -0.4 is 5.14 Å². The molecule has 0 spiro atoms. The summed E-state index contributed by atoms with van der Waals surface area (Å²) >= 11 is 0. The van der Waals surface area contributed by atoms with Gasteiger partial charge in [0.25, 0.3) is 15.2 Å². The fourth-order valence-corrected chi connectivity index (χ4v) is 1.19. The number of nitrogens with zero attached hydrogens (tertiary/aromatic N) is 2. The lowest BCUT2D eigenvalue weighted by molar-refractivity contribution is 0.0586. The first-order chi connectivity index (χ1) is 7.04. The Hall–Kier alpha value is -1.03.